The summed E-state index contributed by atoms with van der Waals surface area (Å²) in [5.74, 6) is -1.85. The molecule has 138 valence electrons. The highest BCUT2D eigenvalue weighted by molar-refractivity contribution is 6.34. The van der Waals surface area contributed by atoms with Crippen LogP contribution in [0.25, 0.3) is 0 Å². The third-order valence-corrected chi connectivity index (χ3v) is 3.84. The van der Waals surface area contributed by atoms with Crippen molar-refractivity contribution in [1.29, 1.82) is 0 Å². The Morgan fingerprint density at radius 3 is 2.36 bits per heavy atom. The van der Waals surface area contributed by atoms with E-state index in [2.05, 4.69) is 5.32 Å². The zero-order valence-corrected chi connectivity index (χ0v) is 15.1. The van der Waals surface area contributed by atoms with E-state index in [9.17, 15) is 24.6 Å². The van der Waals surface area contributed by atoms with E-state index < -0.39 is 42.7 Å². The van der Waals surface area contributed by atoms with E-state index in [-0.39, 0.29) is 22.4 Å². The molecule has 1 aromatic rings. The maximum Gasteiger partial charge on any atom is 0.338 e. The average molecular weight is 372 g/mol. The Balaban J connectivity index is 2.87. The lowest BCUT2D eigenvalue weighted by Crippen LogP contribution is -2.37. The Bertz CT molecular complexity index is 655. The number of ketones is 1. The third kappa shape index (κ3) is 5.81. The molecular formula is C17H22ClNO6. The van der Waals surface area contributed by atoms with Crippen LogP contribution in [-0.4, -0.2) is 47.2 Å². The summed E-state index contributed by atoms with van der Waals surface area (Å²) < 4.78 is 5.07. The van der Waals surface area contributed by atoms with E-state index in [1.54, 1.807) is 13.8 Å². The summed E-state index contributed by atoms with van der Waals surface area (Å²) in [6.07, 6.45) is -0.845. The first-order valence-electron chi connectivity index (χ1n) is 7.68. The van der Waals surface area contributed by atoms with E-state index in [0.717, 1.165) is 0 Å². The van der Waals surface area contributed by atoms with Crippen LogP contribution in [0.4, 0.5) is 5.69 Å². The number of carbonyl (C=O) groups excluding carboxylic acids is 3. The molecule has 0 aliphatic carbocycles. The van der Waals surface area contributed by atoms with Crippen LogP contribution in [0.1, 0.15) is 37.6 Å². The molecule has 1 aromatic carbocycles. The number of aliphatic hydroxyl groups excluding tert-OH is 2. The maximum absolute atomic E-state index is 12.0. The number of rotatable bonds is 8. The minimum atomic E-state index is -1.40. The van der Waals surface area contributed by atoms with Gasteiger partial charge in [-0.05, 0) is 39.0 Å². The standard InChI is InChI=1S/C17H22ClNO6/c1-10(2)25-16(24)11-4-5-12(18)13(6-11)19-15(23)7-14(22)17(3,8-20)9-21/h4-6,10,20-21H,7-9H2,1-3H3,(H,19,23). The normalized spacial score (nSPS) is 11.3. The molecule has 3 N–H and O–H groups in total. The first-order valence-corrected chi connectivity index (χ1v) is 8.06. The lowest BCUT2D eigenvalue weighted by molar-refractivity contribution is -0.135. The Hall–Kier alpha value is -1.96. The second-order valence-electron chi connectivity index (χ2n) is 6.17. The first-order chi connectivity index (χ1) is 11.6. The van der Waals surface area contributed by atoms with Crippen molar-refractivity contribution in [2.24, 2.45) is 5.41 Å². The van der Waals surface area contributed by atoms with Crippen LogP contribution in [0, 0.1) is 5.41 Å². The van der Waals surface area contributed by atoms with Crippen molar-refractivity contribution in [1.82, 2.24) is 0 Å². The van der Waals surface area contributed by atoms with Gasteiger partial charge in [-0.25, -0.2) is 4.79 Å². The molecule has 0 radical (unpaired) electrons. The molecule has 7 nitrogen and oxygen atoms in total. The second-order valence-corrected chi connectivity index (χ2v) is 6.58. The number of carbonyl (C=O) groups is 3. The van der Waals surface area contributed by atoms with Gasteiger partial charge in [0.1, 0.15) is 0 Å². The van der Waals surface area contributed by atoms with Gasteiger partial charge in [0, 0.05) is 0 Å². The van der Waals surface area contributed by atoms with Crippen LogP contribution < -0.4 is 5.32 Å². The number of hydrogen-bond acceptors (Lipinski definition) is 6. The molecule has 0 saturated heterocycles. The van der Waals surface area contributed by atoms with Crippen LogP contribution in [0.3, 0.4) is 0 Å². The van der Waals surface area contributed by atoms with Gasteiger partial charge in [0.05, 0.1) is 47.4 Å². The average Bonchev–Trinajstić information content (AvgIpc) is 2.55. The number of benzene rings is 1. The van der Waals surface area contributed by atoms with Gasteiger partial charge in [0.25, 0.3) is 0 Å². The van der Waals surface area contributed by atoms with Gasteiger partial charge in [0.2, 0.25) is 5.91 Å². The number of ether oxygens (including phenoxy) is 1. The summed E-state index contributed by atoms with van der Waals surface area (Å²) in [5.41, 5.74) is -1.04. The van der Waals surface area contributed by atoms with Crippen molar-refractivity contribution in [2.75, 3.05) is 18.5 Å². The molecule has 0 atom stereocenters. The third-order valence-electron chi connectivity index (χ3n) is 3.51. The monoisotopic (exact) mass is 371 g/mol. The van der Waals surface area contributed by atoms with Gasteiger partial charge in [-0.15, -0.1) is 0 Å². The van der Waals surface area contributed by atoms with Gasteiger partial charge in [-0.2, -0.15) is 0 Å². The number of halogens is 1. The highest BCUT2D eigenvalue weighted by Gasteiger charge is 2.33. The van der Waals surface area contributed by atoms with Crippen LogP contribution in [0.2, 0.25) is 5.02 Å². The van der Waals surface area contributed by atoms with Crippen molar-refractivity contribution in [3.05, 3.63) is 28.8 Å². The van der Waals surface area contributed by atoms with Crippen LogP contribution >= 0.6 is 11.6 Å². The number of esters is 1. The molecule has 0 aliphatic heterocycles. The Kier molecular flexibility index (Phi) is 7.54. The van der Waals surface area contributed by atoms with Crippen molar-refractivity contribution >= 4 is 34.9 Å². The molecule has 0 saturated carbocycles. The summed E-state index contributed by atoms with van der Waals surface area (Å²) >= 11 is 6.00. The lowest BCUT2D eigenvalue weighted by Gasteiger charge is -2.22. The molecule has 0 fully saturated rings. The van der Waals surface area contributed by atoms with E-state index in [0.29, 0.717) is 0 Å². The fraction of sp³-hybridized carbons (Fsp3) is 0.471. The smallest absolute Gasteiger partial charge is 0.338 e. The van der Waals surface area contributed by atoms with Gasteiger partial charge < -0.3 is 20.3 Å². The summed E-state index contributed by atoms with van der Waals surface area (Å²) in [6.45, 7) is 3.63. The second kappa shape index (κ2) is 8.94. The fourth-order valence-corrected chi connectivity index (χ4v) is 1.97. The number of nitrogens with one attached hydrogen (secondary N) is 1. The quantitative estimate of drug-likeness (QED) is 0.474. The number of amides is 1. The summed E-state index contributed by atoms with van der Waals surface area (Å²) in [6, 6.07) is 4.25. The Labute approximate surface area is 150 Å². The lowest BCUT2D eigenvalue weighted by atomic mass is 9.86. The fourth-order valence-electron chi connectivity index (χ4n) is 1.81. The minimum absolute atomic E-state index is 0.160. The molecule has 0 heterocycles. The Morgan fingerprint density at radius 1 is 1.24 bits per heavy atom. The summed E-state index contributed by atoms with van der Waals surface area (Å²) in [5, 5.41) is 21.0. The molecule has 1 rings (SSSR count). The van der Waals surface area contributed by atoms with Crippen molar-refractivity contribution in [3.63, 3.8) is 0 Å². The van der Waals surface area contributed by atoms with Crippen LogP contribution in [-0.2, 0) is 14.3 Å². The molecule has 0 unspecified atom stereocenters. The van der Waals surface area contributed by atoms with Crippen molar-refractivity contribution in [3.8, 4) is 0 Å². The molecule has 0 aliphatic rings. The zero-order valence-electron chi connectivity index (χ0n) is 14.3. The molecular weight excluding hydrogens is 350 g/mol. The highest BCUT2D eigenvalue weighted by atomic mass is 35.5. The number of aliphatic hydroxyl groups is 2. The highest BCUT2D eigenvalue weighted by Crippen LogP contribution is 2.25. The summed E-state index contributed by atoms with van der Waals surface area (Å²) in [4.78, 5) is 36.0. The zero-order chi connectivity index (χ0) is 19.2. The van der Waals surface area contributed by atoms with Gasteiger partial charge in [0.15, 0.2) is 5.78 Å². The first kappa shape index (κ1) is 21.1. The van der Waals surface area contributed by atoms with E-state index in [1.807, 2.05) is 0 Å². The number of Topliss-reactive ketones (excluding diaryl/α,β-unsaturated/α-hetero) is 1. The molecule has 0 aromatic heterocycles. The number of anilines is 1. The van der Waals surface area contributed by atoms with Crippen LogP contribution in [0.15, 0.2) is 18.2 Å². The van der Waals surface area contributed by atoms with Crippen molar-refractivity contribution < 1.29 is 29.3 Å². The summed E-state index contributed by atoms with van der Waals surface area (Å²) in [7, 11) is 0. The molecule has 0 spiro atoms. The van der Waals surface area contributed by atoms with E-state index >= 15 is 0 Å². The molecule has 1 amide bonds. The SMILES string of the molecule is CC(C)OC(=O)c1ccc(Cl)c(NC(=O)CC(=O)C(C)(CO)CO)c1. The van der Waals surface area contributed by atoms with Gasteiger partial charge >= 0.3 is 5.97 Å². The maximum atomic E-state index is 12.0. The van der Waals surface area contributed by atoms with E-state index in [4.69, 9.17) is 16.3 Å². The molecule has 25 heavy (non-hydrogen) atoms. The van der Waals surface area contributed by atoms with Gasteiger partial charge in [-0.1, -0.05) is 11.6 Å². The topological polar surface area (TPSA) is 113 Å². The molecule has 0 bridgehead atoms. The predicted molar refractivity (Wildman–Crippen MR) is 92.5 cm³/mol. The predicted octanol–water partition coefficient (Wildman–Crippen LogP) is 1.79. The molecule has 8 heteroatoms. The van der Waals surface area contributed by atoms with Crippen molar-refractivity contribution in [2.45, 2.75) is 33.3 Å². The number of hydrogen-bond donors (Lipinski definition) is 3. The van der Waals surface area contributed by atoms with E-state index in [1.165, 1.54) is 25.1 Å². The largest absolute Gasteiger partial charge is 0.459 e. The Morgan fingerprint density at radius 2 is 1.84 bits per heavy atom. The van der Waals surface area contributed by atoms with Crippen LogP contribution in [0.5, 0.6) is 0 Å². The minimum Gasteiger partial charge on any atom is -0.459 e. The van der Waals surface area contributed by atoms with Gasteiger partial charge in [-0.3, -0.25) is 9.59 Å².